The van der Waals surface area contributed by atoms with Crippen molar-refractivity contribution in [3.8, 4) is 0 Å². The van der Waals surface area contributed by atoms with Crippen LogP contribution in [-0.2, 0) is 0 Å². The number of hydrogen-bond donors (Lipinski definition) is 2. The number of aliphatic hydroxyl groups is 1. The molecule has 0 aromatic heterocycles. The van der Waals surface area contributed by atoms with Crippen LogP contribution < -0.4 is 5.73 Å². The maximum atomic E-state index is 12.6. The van der Waals surface area contributed by atoms with Gasteiger partial charge in [-0.05, 0) is 38.3 Å². The molecule has 1 aliphatic heterocycles. The summed E-state index contributed by atoms with van der Waals surface area (Å²) in [4.78, 5) is 24.5. The van der Waals surface area contributed by atoms with Gasteiger partial charge in [0.05, 0.1) is 17.1 Å². The molecule has 1 fully saturated rings. The summed E-state index contributed by atoms with van der Waals surface area (Å²) >= 11 is 0. The summed E-state index contributed by atoms with van der Waals surface area (Å²) in [6.45, 7) is 2.20. The van der Waals surface area contributed by atoms with Crippen LogP contribution in [0, 0.1) is 10.1 Å². The fourth-order valence-electron chi connectivity index (χ4n) is 2.71. The van der Waals surface area contributed by atoms with Gasteiger partial charge in [-0.25, -0.2) is 0 Å². The molecular weight excluding hydrogens is 274 g/mol. The summed E-state index contributed by atoms with van der Waals surface area (Å²) in [5, 5.41) is 20.7. The molecule has 1 amide bonds. The molecule has 3 N–H and O–H groups in total. The lowest BCUT2D eigenvalue weighted by Gasteiger charge is -2.37. The van der Waals surface area contributed by atoms with Gasteiger partial charge in [-0.3, -0.25) is 14.9 Å². The lowest BCUT2D eigenvalue weighted by molar-refractivity contribution is -0.383. The topological polar surface area (TPSA) is 110 Å². The van der Waals surface area contributed by atoms with E-state index in [1.807, 2.05) is 0 Å². The summed E-state index contributed by atoms with van der Waals surface area (Å²) in [6, 6.07) is 3.80. The van der Waals surface area contributed by atoms with E-state index in [0.29, 0.717) is 6.54 Å². The minimum absolute atomic E-state index is 0.0299. The lowest BCUT2D eigenvalue weighted by atomic mass is 9.97. The van der Waals surface area contributed by atoms with Gasteiger partial charge in [0, 0.05) is 18.2 Å². The minimum atomic E-state index is -0.627. The van der Waals surface area contributed by atoms with E-state index in [-0.39, 0.29) is 28.9 Å². The van der Waals surface area contributed by atoms with E-state index in [0.717, 1.165) is 19.3 Å². The zero-order valence-corrected chi connectivity index (χ0v) is 11.9. The number of likely N-dealkylation sites (tertiary alicyclic amines) is 1. The molecule has 21 heavy (non-hydrogen) atoms. The maximum Gasteiger partial charge on any atom is 0.292 e. The number of nitro groups is 1. The number of carbonyl (C=O) groups is 1. The van der Waals surface area contributed by atoms with Gasteiger partial charge in [-0.1, -0.05) is 0 Å². The fraction of sp³-hybridized carbons (Fsp3) is 0.500. The third kappa shape index (κ3) is 3.13. The van der Waals surface area contributed by atoms with Crippen molar-refractivity contribution < 1.29 is 14.8 Å². The summed E-state index contributed by atoms with van der Waals surface area (Å²) < 4.78 is 0. The largest absolute Gasteiger partial charge is 0.393 e. The molecule has 0 aliphatic carbocycles. The number of nitrogen functional groups attached to an aromatic ring is 1. The maximum absolute atomic E-state index is 12.6. The highest BCUT2D eigenvalue weighted by Crippen LogP contribution is 2.26. The number of carbonyl (C=O) groups excluding carboxylic acids is 1. The standard InChI is InChI=1S/C14H19N3O4/c1-9(18)12-4-2-3-7-16(12)14(19)10-5-6-11(15)13(8-10)17(20)21/h5-6,8-9,12,18H,2-4,7,15H2,1H3. The molecule has 1 aliphatic rings. The minimum Gasteiger partial charge on any atom is -0.393 e. The number of nitrogens with zero attached hydrogens (tertiary/aromatic N) is 2. The molecule has 1 aromatic rings. The second-order valence-electron chi connectivity index (χ2n) is 5.33. The van der Waals surface area contributed by atoms with Crippen molar-refractivity contribution in [1.82, 2.24) is 4.90 Å². The molecule has 2 rings (SSSR count). The Labute approximate surface area is 122 Å². The Hall–Kier alpha value is -2.15. The van der Waals surface area contributed by atoms with Crippen molar-refractivity contribution in [2.24, 2.45) is 0 Å². The molecule has 7 heteroatoms. The number of rotatable bonds is 3. The second-order valence-corrected chi connectivity index (χ2v) is 5.33. The number of nitrogens with two attached hydrogens (primary N) is 1. The fourth-order valence-corrected chi connectivity index (χ4v) is 2.71. The molecule has 0 bridgehead atoms. The van der Waals surface area contributed by atoms with Gasteiger partial charge in [0.15, 0.2) is 0 Å². The predicted molar refractivity (Wildman–Crippen MR) is 77.9 cm³/mol. The van der Waals surface area contributed by atoms with Gasteiger partial charge in [0.1, 0.15) is 5.69 Å². The van der Waals surface area contributed by atoms with Crippen LogP contribution in [0.25, 0.3) is 0 Å². The van der Waals surface area contributed by atoms with E-state index in [4.69, 9.17) is 5.73 Å². The van der Waals surface area contributed by atoms with Crippen LogP contribution in [-0.4, -0.2) is 39.5 Å². The quantitative estimate of drug-likeness (QED) is 0.499. The number of aliphatic hydroxyl groups excluding tert-OH is 1. The van der Waals surface area contributed by atoms with Gasteiger partial charge in [-0.2, -0.15) is 0 Å². The second kappa shape index (κ2) is 6.09. The van der Waals surface area contributed by atoms with Crippen molar-refractivity contribution in [3.63, 3.8) is 0 Å². The summed E-state index contributed by atoms with van der Waals surface area (Å²) in [6.07, 6.45) is 1.94. The van der Waals surface area contributed by atoms with Gasteiger partial charge in [0.2, 0.25) is 0 Å². The third-order valence-corrected chi connectivity index (χ3v) is 3.84. The smallest absolute Gasteiger partial charge is 0.292 e. The molecule has 2 atom stereocenters. The zero-order valence-electron chi connectivity index (χ0n) is 11.9. The van der Waals surface area contributed by atoms with Crippen LogP contribution in [0.3, 0.4) is 0 Å². The first-order chi connectivity index (χ1) is 9.91. The Balaban J connectivity index is 2.30. The van der Waals surface area contributed by atoms with Crippen LogP contribution in [0.15, 0.2) is 18.2 Å². The summed E-state index contributed by atoms with van der Waals surface area (Å²) in [7, 11) is 0. The summed E-state index contributed by atoms with van der Waals surface area (Å²) in [5.41, 5.74) is 5.52. The average molecular weight is 293 g/mol. The molecule has 1 saturated heterocycles. The Morgan fingerprint density at radius 1 is 1.52 bits per heavy atom. The first-order valence-electron chi connectivity index (χ1n) is 6.94. The number of benzene rings is 1. The van der Waals surface area contributed by atoms with Crippen molar-refractivity contribution in [1.29, 1.82) is 0 Å². The van der Waals surface area contributed by atoms with Gasteiger partial charge < -0.3 is 15.7 Å². The molecule has 0 saturated carbocycles. The van der Waals surface area contributed by atoms with E-state index in [1.165, 1.54) is 18.2 Å². The van der Waals surface area contributed by atoms with E-state index in [9.17, 15) is 20.0 Å². The zero-order chi connectivity index (χ0) is 15.6. The number of nitro benzene ring substituents is 1. The number of piperidine rings is 1. The molecule has 2 unspecified atom stereocenters. The molecule has 0 radical (unpaired) electrons. The molecule has 7 nitrogen and oxygen atoms in total. The molecule has 0 spiro atoms. The highest BCUT2D eigenvalue weighted by molar-refractivity contribution is 5.96. The number of hydrogen-bond acceptors (Lipinski definition) is 5. The van der Waals surface area contributed by atoms with Crippen LogP contribution in [0.1, 0.15) is 36.5 Å². The SMILES string of the molecule is CC(O)C1CCCCN1C(=O)c1ccc(N)c([N+](=O)[O-])c1. The van der Waals surface area contributed by atoms with Crippen LogP contribution in [0.4, 0.5) is 11.4 Å². The summed E-state index contributed by atoms with van der Waals surface area (Å²) in [5.74, 6) is -0.302. The Bertz CT molecular complexity index is 559. The van der Waals surface area contributed by atoms with Crippen molar-refractivity contribution in [2.45, 2.75) is 38.3 Å². The van der Waals surface area contributed by atoms with Crippen molar-refractivity contribution in [3.05, 3.63) is 33.9 Å². The number of anilines is 1. The Morgan fingerprint density at radius 2 is 2.24 bits per heavy atom. The number of amides is 1. The van der Waals surface area contributed by atoms with Crippen LogP contribution in [0.2, 0.25) is 0 Å². The molecule has 1 aromatic carbocycles. The molecular formula is C14H19N3O4. The van der Waals surface area contributed by atoms with E-state index in [1.54, 1.807) is 11.8 Å². The Kier molecular flexibility index (Phi) is 4.42. The molecule has 1 heterocycles. The van der Waals surface area contributed by atoms with Gasteiger partial charge in [-0.15, -0.1) is 0 Å². The van der Waals surface area contributed by atoms with E-state index in [2.05, 4.69) is 0 Å². The van der Waals surface area contributed by atoms with Crippen molar-refractivity contribution in [2.75, 3.05) is 12.3 Å². The normalized spacial score (nSPS) is 20.1. The first kappa shape index (κ1) is 15.2. The van der Waals surface area contributed by atoms with Gasteiger partial charge >= 0.3 is 0 Å². The third-order valence-electron chi connectivity index (χ3n) is 3.84. The van der Waals surface area contributed by atoms with Crippen LogP contribution >= 0.6 is 0 Å². The van der Waals surface area contributed by atoms with E-state index < -0.39 is 11.0 Å². The monoisotopic (exact) mass is 293 g/mol. The van der Waals surface area contributed by atoms with Gasteiger partial charge in [0.25, 0.3) is 11.6 Å². The average Bonchev–Trinajstić information content (AvgIpc) is 2.46. The highest BCUT2D eigenvalue weighted by atomic mass is 16.6. The highest BCUT2D eigenvalue weighted by Gasteiger charge is 2.31. The predicted octanol–water partition coefficient (Wildman–Crippen LogP) is 1.55. The van der Waals surface area contributed by atoms with Crippen molar-refractivity contribution >= 4 is 17.3 Å². The van der Waals surface area contributed by atoms with E-state index >= 15 is 0 Å². The van der Waals surface area contributed by atoms with Crippen LogP contribution in [0.5, 0.6) is 0 Å². The lowest BCUT2D eigenvalue weighted by Crippen LogP contribution is -2.48. The first-order valence-corrected chi connectivity index (χ1v) is 6.94. The molecule has 114 valence electrons. The Morgan fingerprint density at radius 3 is 2.86 bits per heavy atom.